The molecule has 0 saturated heterocycles. The van der Waals surface area contributed by atoms with Crippen molar-refractivity contribution in [1.82, 2.24) is 4.57 Å². The van der Waals surface area contributed by atoms with Crippen molar-refractivity contribution in [2.24, 2.45) is 4.99 Å². The Kier molecular flexibility index (Phi) is 6.08. The molecule has 0 radical (unpaired) electrons. The lowest BCUT2D eigenvalue weighted by Gasteiger charge is -2.11. The van der Waals surface area contributed by atoms with Gasteiger partial charge in [-0.05, 0) is 37.6 Å². The van der Waals surface area contributed by atoms with Gasteiger partial charge >= 0.3 is 0 Å². The highest BCUT2D eigenvalue weighted by molar-refractivity contribution is 7.92. The zero-order valence-corrected chi connectivity index (χ0v) is 20.8. The lowest BCUT2D eigenvalue weighted by Crippen LogP contribution is -2.18. The Balaban J connectivity index is 1.54. The number of ether oxygens (including phenoxy) is 2. The second-order valence-electron chi connectivity index (χ2n) is 8.09. The van der Waals surface area contributed by atoms with Crippen molar-refractivity contribution in [2.45, 2.75) is 31.7 Å². The normalized spacial score (nSPS) is 13.4. The number of carbonyl (C=O) groups is 1. The molecule has 5 rings (SSSR count). The molecule has 1 amide bonds. The summed E-state index contributed by atoms with van der Waals surface area (Å²) in [5.74, 6) is 0.786. The van der Waals surface area contributed by atoms with Gasteiger partial charge in [0.05, 0.1) is 26.4 Å². The predicted molar refractivity (Wildman–Crippen MR) is 135 cm³/mol. The summed E-state index contributed by atoms with van der Waals surface area (Å²) in [6, 6.07) is 16.8. The number of hydrogen-bond donors (Lipinski definition) is 1. The van der Waals surface area contributed by atoms with E-state index >= 15 is 0 Å². The maximum Gasteiger partial charge on any atom is 0.281 e. The van der Waals surface area contributed by atoms with Gasteiger partial charge in [0.2, 0.25) is 6.79 Å². The fourth-order valence-corrected chi connectivity index (χ4v) is 5.96. The van der Waals surface area contributed by atoms with Gasteiger partial charge in [0.1, 0.15) is 0 Å². The summed E-state index contributed by atoms with van der Waals surface area (Å²) in [6.45, 7) is 4.77. The molecule has 1 aromatic heterocycles. The van der Waals surface area contributed by atoms with Crippen LogP contribution < -0.4 is 19.0 Å². The largest absolute Gasteiger partial charge is 0.454 e. The van der Waals surface area contributed by atoms with Crippen LogP contribution in [-0.4, -0.2) is 25.7 Å². The molecule has 4 aromatic rings. The summed E-state index contributed by atoms with van der Waals surface area (Å²) >= 11 is 1.37. The van der Waals surface area contributed by atoms with Crippen LogP contribution in [0.5, 0.6) is 11.5 Å². The van der Waals surface area contributed by atoms with Gasteiger partial charge in [-0.15, -0.1) is 0 Å². The highest BCUT2D eigenvalue weighted by Crippen LogP contribution is 2.37. The van der Waals surface area contributed by atoms with E-state index in [9.17, 15) is 13.2 Å². The average Bonchev–Trinajstić information content (AvgIpc) is 3.42. The first-order chi connectivity index (χ1) is 16.9. The Bertz CT molecular complexity index is 1600. The predicted octanol–water partition coefficient (Wildman–Crippen LogP) is 4.69. The number of fused-ring (bicyclic) bond motifs is 2. The molecule has 0 aliphatic carbocycles. The monoisotopic (exact) mass is 509 g/mol. The van der Waals surface area contributed by atoms with Crippen molar-refractivity contribution in [1.29, 1.82) is 0 Å². The van der Waals surface area contributed by atoms with Gasteiger partial charge in [-0.2, -0.15) is 4.99 Å². The second-order valence-corrected chi connectivity index (χ2v) is 10.8. The van der Waals surface area contributed by atoms with Gasteiger partial charge < -0.3 is 14.0 Å². The maximum atomic E-state index is 13.3. The van der Waals surface area contributed by atoms with Crippen LogP contribution in [0, 0.1) is 6.92 Å². The van der Waals surface area contributed by atoms with E-state index in [1.54, 1.807) is 36.4 Å². The third kappa shape index (κ3) is 4.54. The van der Waals surface area contributed by atoms with Crippen molar-refractivity contribution in [3.63, 3.8) is 0 Å². The van der Waals surface area contributed by atoms with Gasteiger partial charge in [-0.25, -0.2) is 8.42 Å². The van der Waals surface area contributed by atoms with Crippen molar-refractivity contribution in [2.75, 3.05) is 11.5 Å². The van der Waals surface area contributed by atoms with Crippen molar-refractivity contribution >= 4 is 43.2 Å². The Morgan fingerprint density at radius 3 is 2.54 bits per heavy atom. The van der Waals surface area contributed by atoms with E-state index in [0.717, 1.165) is 22.2 Å². The number of carbonyl (C=O) groups excluding carboxylic acids is 1. The summed E-state index contributed by atoms with van der Waals surface area (Å²) in [5, 5.41) is 0. The fraction of sp³-hybridized carbons (Fsp3) is 0.200. The van der Waals surface area contributed by atoms with Crippen LogP contribution in [0.15, 0.2) is 70.6 Å². The van der Waals surface area contributed by atoms with Crippen molar-refractivity contribution in [3.05, 3.63) is 76.6 Å². The lowest BCUT2D eigenvalue weighted by molar-refractivity contribution is 0.0998. The molecule has 0 spiro atoms. The van der Waals surface area contributed by atoms with E-state index in [1.165, 1.54) is 23.5 Å². The smallest absolute Gasteiger partial charge is 0.281 e. The van der Waals surface area contributed by atoms with E-state index in [1.807, 2.05) is 30.5 Å². The van der Waals surface area contributed by atoms with Crippen molar-refractivity contribution < 1.29 is 22.7 Å². The third-order valence-electron chi connectivity index (χ3n) is 5.55. The molecule has 8 nitrogen and oxygen atoms in total. The van der Waals surface area contributed by atoms with Crippen LogP contribution in [0.2, 0.25) is 0 Å². The van der Waals surface area contributed by atoms with Crippen LogP contribution in [0.1, 0.15) is 29.3 Å². The molecule has 0 atom stereocenters. The number of aryl methyl sites for hydroxylation is 2. The number of nitrogens with zero attached hydrogens (tertiary/aromatic N) is 2. The Hall–Kier alpha value is -3.63. The number of nitrogens with one attached hydrogen (secondary N) is 1. The number of anilines is 1. The van der Waals surface area contributed by atoms with Gasteiger partial charge in [0.15, 0.2) is 16.3 Å². The highest BCUT2D eigenvalue weighted by Gasteiger charge is 2.20. The Morgan fingerprint density at radius 1 is 1.09 bits per heavy atom. The van der Waals surface area contributed by atoms with Gasteiger partial charge in [-0.3, -0.25) is 9.52 Å². The number of benzene rings is 3. The van der Waals surface area contributed by atoms with E-state index < -0.39 is 15.9 Å². The Labute approximate surface area is 206 Å². The summed E-state index contributed by atoms with van der Waals surface area (Å²) in [6.07, 6.45) is 0.842. The molecule has 0 saturated carbocycles. The number of sulfonamides is 1. The summed E-state index contributed by atoms with van der Waals surface area (Å²) < 4.78 is 42.3. The minimum atomic E-state index is -3.88. The maximum absolute atomic E-state index is 13.3. The first kappa shape index (κ1) is 23.1. The summed E-state index contributed by atoms with van der Waals surface area (Å²) in [7, 11) is -3.88. The SMILES string of the molecule is CCCn1c(=NC(=O)c2ccccc2NS(=O)(=O)c2ccc(C)cc2)sc2cc3c(cc21)OCO3. The molecule has 2 heterocycles. The molecule has 10 heteroatoms. The van der Waals surface area contributed by atoms with Crippen LogP contribution in [0.3, 0.4) is 0 Å². The van der Waals surface area contributed by atoms with Gasteiger partial charge in [0.25, 0.3) is 15.9 Å². The minimum Gasteiger partial charge on any atom is -0.454 e. The van der Waals surface area contributed by atoms with E-state index in [0.29, 0.717) is 22.8 Å². The summed E-state index contributed by atoms with van der Waals surface area (Å²) in [5.41, 5.74) is 2.19. The number of hydrogen-bond acceptors (Lipinski definition) is 6. The number of para-hydroxylation sites is 1. The standard InChI is InChI=1S/C25H23N3O5S2/c1-3-12-28-20-13-21-22(33-15-32-21)14-23(20)34-25(28)26-24(29)18-6-4-5-7-19(18)27-35(30,31)17-10-8-16(2)9-11-17/h4-11,13-14,27H,3,12,15H2,1-2H3. The molecule has 1 aliphatic rings. The first-order valence-electron chi connectivity index (χ1n) is 11.1. The lowest BCUT2D eigenvalue weighted by atomic mass is 10.2. The second kappa shape index (κ2) is 9.20. The molecule has 1 aliphatic heterocycles. The molecule has 180 valence electrons. The first-order valence-corrected chi connectivity index (χ1v) is 13.4. The van der Waals surface area contributed by atoms with E-state index in [4.69, 9.17) is 9.47 Å². The molecular weight excluding hydrogens is 486 g/mol. The quantitative estimate of drug-likeness (QED) is 0.407. The number of aromatic nitrogens is 1. The topological polar surface area (TPSA) is 99.0 Å². The third-order valence-corrected chi connectivity index (χ3v) is 7.98. The molecular formula is C25H23N3O5S2. The molecule has 0 bridgehead atoms. The number of amides is 1. The fourth-order valence-electron chi connectivity index (χ4n) is 3.81. The van der Waals surface area contributed by atoms with E-state index in [-0.39, 0.29) is 22.9 Å². The van der Waals surface area contributed by atoms with Gasteiger partial charge in [-0.1, -0.05) is 48.1 Å². The zero-order valence-electron chi connectivity index (χ0n) is 19.1. The number of thiazole rings is 1. The van der Waals surface area contributed by atoms with Crippen LogP contribution in [0.25, 0.3) is 10.2 Å². The van der Waals surface area contributed by atoms with Crippen LogP contribution in [0.4, 0.5) is 5.69 Å². The molecule has 0 fully saturated rings. The highest BCUT2D eigenvalue weighted by atomic mass is 32.2. The minimum absolute atomic E-state index is 0.116. The number of rotatable bonds is 6. The molecule has 1 N–H and O–H groups in total. The molecule has 35 heavy (non-hydrogen) atoms. The molecule has 0 unspecified atom stereocenters. The van der Waals surface area contributed by atoms with Crippen molar-refractivity contribution in [3.8, 4) is 11.5 Å². The molecule has 3 aromatic carbocycles. The summed E-state index contributed by atoms with van der Waals surface area (Å²) in [4.78, 5) is 18.3. The zero-order chi connectivity index (χ0) is 24.6. The average molecular weight is 510 g/mol. The van der Waals surface area contributed by atoms with E-state index in [2.05, 4.69) is 9.71 Å². The van der Waals surface area contributed by atoms with Crippen LogP contribution in [-0.2, 0) is 16.6 Å². The Morgan fingerprint density at radius 2 is 1.80 bits per heavy atom. The van der Waals surface area contributed by atoms with Gasteiger partial charge in [0, 0.05) is 18.7 Å². The van der Waals surface area contributed by atoms with Crippen LogP contribution >= 0.6 is 11.3 Å².